The van der Waals surface area contributed by atoms with Gasteiger partial charge in [0.25, 0.3) is 10.1 Å². The first-order valence-electron chi connectivity index (χ1n) is 10.0. The predicted molar refractivity (Wildman–Crippen MR) is 115 cm³/mol. The van der Waals surface area contributed by atoms with Crippen molar-refractivity contribution in [1.82, 2.24) is 0 Å². The molecule has 9 nitrogen and oxygen atoms in total. The molecule has 2 N–H and O–H groups in total. The Hall–Kier alpha value is -2.34. The van der Waals surface area contributed by atoms with E-state index < -0.39 is 53.9 Å². The average molecular weight is 484 g/mol. The Morgan fingerprint density at radius 1 is 1.19 bits per heavy atom. The third-order valence-corrected chi connectivity index (χ3v) is 8.23. The molecule has 0 saturated carbocycles. The molecule has 1 atom stereocenters. The van der Waals surface area contributed by atoms with Crippen LogP contribution in [0.3, 0.4) is 0 Å². The van der Waals surface area contributed by atoms with Gasteiger partial charge in [0.15, 0.2) is 5.71 Å². The van der Waals surface area contributed by atoms with E-state index in [2.05, 4.69) is 4.99 Å². The van der Waals surface area contributed by atoms with Gasteiger partial charge in [-0.25, -0.2) is 13.4 Å². The molecule has 2 aromatic carbocycles. The summed E-state index contributed by atoms with van der Waals surface area (Å²) in [5.74, 6) is -1.83. The van der Waals surface area contributed by atoms with Gasteiger partial charge in [-0.1, -0.05) is 6.92 Å². The molecule has 32 heavy (non-hydrogen) atoms. The Labute approximate surface area is 187 Å². The van der Waals surface area contributed by atoms with Crippen LogP contribution in [0, 0.1) is 5.92 Å². The van der Waals surface area contributed by atoms with Gasteiger partial charge in [0, 0.05) is 23.9 Å². The van der Waals surface area contributed by atoms with E-state index in [4.69, 9.17) is 9.29 Å². The minimum Gasteiger partial charge on any atom is -0.744 e. The van der Waals surface area contributed by atoms with Crippen molar-refractivity contribution in [2.75, 3.05) is 6.61 Å². The van der Waals surface area contributed by atoms with Crippen molar-refractivity contribution in [1.29, 1.82) is 0 Å². The Morgan fingerprint density at radius 3 is 2.41 bits per heavy atom. The third-order valence-electron chi connectivity index (χ3n) is 6.06. The monoisotopic (exact) mass is 483 g/mol. The van der Waals surface area contributed by atoms with Crippen LogP contribution in [0.25, 0.3) is 10.8 Å². The van der Waals surface area contributed by atoms with Crippen LogP contribution < -0.4 is 4.99 Å². The fourth-order valence-corrected chi connectivity index (χ4v) is 5.68. The second kappa shape index (κ2) is 8.22. The summed E-state index contributed by atoms with van der Waals surface area (Å²) >= 11 is 0. The van der Waals surface area contributed by atoms with Gasteiger partial charge < -0.3 is 9.66 Å². The van der Waals surface area contributed by atoms with Crippen molar-refractivity contribution in [3.8, 4) is 0 Å². The molecule has 174 valence electrons. The normalized spacial score (nSPS) is 16.6. The van der Waals surface area contributed by atoms with Crippen LogP contribution in [0.5, 0.6) is 0 Å². The van der Waals surface area contributed by atoms with Gasteiger partial charge in [0.2, 0.25) is 5.69 Å². The van der Waals surface area contributed by atoms with Crippen LogP contribution in [0.4, 0.5) is 5.69 Å². The highest BCUT2D eigenvalue weighted by Gasteiger charge is 2.40. The topological polar surface area (TPSA) is 152 Å². The number of nitrogens with one attached hydrogen (secondary N) is 1. The minimum absolute atomic E-state index is 0.0386. The highest BCUT2D eigenvalue weighted by atomic mass is 32.2. The smallest absolute Gasteiger partial charge is 0.306 e. The average Bonchev–Trinajstić information content (AvgIpc) is 2.92. The standard InChI is InChI=1S/C21H25NO8S2/c1-5-13(20(23)24)8-9-30-32(28,29)18-11-14(31(25,26)27)10-16-15(18)6-7-17-19(16)21(3,4)12(2)22-17/h6-7,10-11,13H,5,8-9H2,1-4H3,(H,23,24)(H,25,26,27). The SMILES string of the molecule is CCC(CCOS(=O)(=O)c1cc(S(=O)(=O)[O-])cc2c3c(ccc12)[NH+]=C(C)C3(C)C)C(=O)O. The van der Waals surface area contributed by atoms with Crippen molar-refractivity contribution < 1.29 is 40.5 Å². The first-order chi connectivity index (χ1) is 14.7. The molecule has 0 aromatic heterocycles. The van der Waals surface area contributed by atoms with Crippen LogP contribution >= 0.6 is 0 Å². The molecule has 1 heterocycles. The lowest BCUT2D eigenvalue weighted by Crippen LogP contribution is -2.64. The molecule has 2 aromatic rings. The maximum atomic E-state index is 13.0. The summed E-state index contributed by atoms with van der Waals surface area (Å²) < 4.78 is 66.5. The maximum absolute atomic E-state index is 13.0. The molecule has 11 heteroatoms. The molecule has 0 radical (unpaired) electrons. The van der Waals surface area contributed by atoms with Crippen LogP contribution in [0.15, 0.2) is 34.1 Å². The Balaban J connectivity index is 2.17. The summed E-state index contributed by atoms with van der Waals surface area (Å²) in [5.41, 5.74) is 1.69. The molecule has 0 amide bonds. The summed E-state index contributed by atoms with van der Waals surface area (Å²) in [4.78, 5) is 13.2. The molecule has 0 fully saturated rings. The number of rotatable bonds is 8. The predicted octanol–water partition coefficient (Wildman–Crippen LogP) is 1.41. The Morgan fingerprint density at radius 2 is 1.84 bits per heavy atom. The molecule has 1 aliphatic heterocycles. The van der Waals surface area contributed by atoms with E-state index in [0.717, 1.165) is 11.8 Å². The van der Waals surface area contributed by atoms with Crippen molar-refractivity contribution in [2.24, 2.45) is 5.92 Å². The van der Waals surface area contributed by atoms with Gasteiger partial charge in [0.05, 0.1) is 22.8 Å². The summed E-state index contributed by atoms with van der Waals surface area (Å²) in [7, 11) is -9.46. The number of hydrogen-bond donors (Lipinski definition) is 2. The van der Waals surface area contributed by atoms with E-state index >= 15 is 0 Å². The first kappa shape index (κ1) is 24.3. The number of carboxylic acid groups (broad SMARTS) is 1. The van der Waals surface area contributed by atoms with Crippen molar-refractivity contribution in [2.45, 2.75) is 55.7 Å². The lowest BCUT2D eigenvalue weighted by Gasteiger charge is -2.20. The fraction of sp³-hybridized carbons (Fsp3) is 0.429. The molecule has 0 bridgehead atoms. The number of carboxylic acids is 1. The largest absolute Gasteiger partial charge is 0.744 e. The molecular formula is C21H25NO8S2. The third kappa shape index (κ3) is 4.29. The highest BCUT2D eigenvalue weighted by Crippen LogP contribution is 2.40. The van der Waals surface area contributed by atoms with E-state index in [1.54, 1.807) is 13.0 Å². The number of hydrogen-bond acceptors (Lipinski definition) is 7. The lowest BCUT2D eigenvalue weighted by molar-refractivity contribution is -0.351. The maximum Gasteiger partial charge on any atom is 0.306 e. The van der Waals surface area contributed by atoms with Crippen molar-refractivity contribution in [3.05, 3.63) is 29.8 Å². The van der Waals surface area contributed by atoms with E-state index in [1.807, 2.05) is 20.8 Å². The van der Waals surface area contributed by atoms with Gasteiger partial charge >= 0.3 is 5.97 Å². The Kier molecular flexibility index (Phi) is 6.24. The molecule has 0 saturated heterocycles. The van der Waals surface area contributed by atoms with Gasteiger partial charge in [-0.3, -0.25) is 8.98 Å². The number of aliphatic carboxylic acids is 1. The Bertz CT molecular complexity index is 1340. The highest BCUT2D eigenvalue weighted by molar-refractivity contribution is 7.87. The molecule has 1 aliphatic rings. The number of benzene rings is 2. The van der Waals surface area contributed by atoms with Gasteiger partial charge in [-0.2, -0.15) is 8.42 Å². The van der Waals surface area contributed by atoms with Crippen LogP contribution in [0.2, 0.25) is 0 Å². The zero-order chi connectivity index (χ0) is 24.1. The van der Waals surface area contributed by atoms with E-state index in [-0.39, 0.29) is 11.8 Å². The second-order valence-electron chi connectivity index (χ2n) is 8.34. The summed E-state index contributed by atoms with van der Waals surface area (Å²) in [6, 6.07) is 5.21. The van der Waals surface area contributed by atoms with E-state index in [9.17, 15) is 26.2 Å². The molecule has 0 spiro atoms. The number of carbonyl (C=O) groups is 1. The summed E-state index contributed by atoms with van der Waals surface area (Å²) in [6.07, 6.45) is 0.263. The van der Waals surface area contributed by atoms with Gasteiger partial charge in [0.1, 0.15) is 15.0 Å². The molecule has 1 unspecified atom stereocenters. The lowest BCUT2D eigenvalue weighted by atomic mass is 9.80. The summed E-state index contributed by atoms with van der Waals surface area (Å²) in [6.45, 7) is 6.95. The quantitative estimate of drug-likeness (QED) is 0.422. The van der Waals surface area contributed by atoms with E-state index in [1.165, 1.54) is 12.1 Å². The molecule has 3 rings (SSSR count). The van der Waals surface area contributed by atoms with Crippen molar-refractivity contribution >= 4 is 48.4 Å². The minimum atomic E-state index is -4.97. The van der Waals surface area contributed by atoms with Crippen LogP contribution in [-0.2, 0) is 34.6 Å². The van der Waals surface area contributed by atoms with Crippen molar-refractivity contribution in [3.63, 3.8) is 0 Å². The van der Waals surface area contributed by atoms with E-state index in [0.29, 0.717) is 23.1 Å². The zero-order valence-corrected chi connectivity index (χ0v) is 19.8. The number of fused-ring (bicyclic) bond motifs is 3. The van der Waals surface area contributed by atoms with Gasteiger partial charge in [-0.15, -0.1) is 0 Å². The van der Waals surface area contributed by atoms with Gasteiger partial charge in [-0.05, 0) is 50.3 Å². The first-order valence-corrected chi connectivity index (χ1v) is 12.8. The van der Waals surface area contributed by atoms with Crippen LogP contribution in [0.1, 0.15) is 46.1 Å². The fourth-order valence-electron chi connectivity index (χ4n) is 3.92. The zero-order valence-electron chi connectivity index (χ0n) is 18.1. The summed E-state index contributed by atoms with van der Waals surface area (Å²) in [5, 5.41) is 9.66. The molecule has 0 aliphatic carbocycles. The van der Waals surface area contributed by atoms with Crippen LogP contribution in [-0.4, -0.2) is 44.8 Å². The second-order valence-corrected chi connectivity index (χ2v) is 11.3. The molecular weight excluding hydrogens is 458 g/mol.